The van der Waals surface area contributed by atoms with E-state index >= 15 is 0 Å². The standard InChI is InChI=1S/C9H7N3OS/c1-13-7-4-2-3-6-9(7)14-8-5-10-11-12(6)8/h2-5H,1H3. The van der Waals surface area contributed by atoms with Crippen LogP contribution in [0.15, 0.2) is 24.4 Å². The number of fused-ring (bicyclic) bond motifs is 3. The highest BCUT2D eigenvalue weighted by molar-refractivity contribution is 7.24. The van der Waals surface area contributed by atoms with Crippen molar-refractivity contribution >= 4 is 26.4 Å². The molecule has 0 saturated heterocycles. The lowest BCUT2D eigenvalue weighted by molar-refractivity contribution is 0.420. The number of ether oxygens (including phenoxy) is 1. The number of hydrogen-bond donors (Lipinski definition) is 0. The second-order valence-corrected chi connectivity index (χ2v) is 3.93. The average molecular weight is 205 g/mol. The van der Waals surface area contributed by atoms with E-state index < -0.39 is 0 Å². The molecule has 0 saturated carbocycles. The number of methoxy groups -OCH3 is 1. The van der Waals surface area contributed by atoms with Crippen LogP contribution in [0.1, 0.15) is 0 Å². The minimum Gasteiger partial charge on any atom is -0.495 e. The van der Waals surface area contributed by atoms with Crippen LogP contribution in [0.4, 0.5) is 0 Å². The van der Waals surface area contributed by atoms with Crippen LogP contribution in [0.25, 0.3) is 15.0 Å². The Morgan fingerprint density at radius 3 is 3.21 bits per heavy atom. The van der Waals surface area contributed by atoms with E-state index in [4.69, 9.17) is 4.74 Å². The van der Waals surface area contributed by atoms with Gasteiger partial charge in [-0.15, -0.1) is 16.4 Å². The fraction of sp³-hybridized carbons (Fsp3) is 0.111. The van der Waals surface area contributed by atoms with E-state index in [2.05, 4.69) is 10.3 Å². The summed E-state index contributed by atoms with van der Waals surface area (Å²) in [5, 5.41) is 7.85. The van der Waals surface area contributed by atoms with Crippen molar-refractivity contribution in [2.45, 2.75) is 0 Å². The van der Waals surface area contributed by atoms with Crippen LogP contribution in [0, 0.1) is 0 Å². The second-order valence-electron chi connectivity index (χ2n) is 2.89. The Labute approximate surface area is 83.7 Å². The Morgan fingerprint density at radius 1 is 1.43 bits per heavy atom. The fourth-order valence-corrected chi connectivity index (χ4v) is 2.54. The van der Waals surface area contributed by atoms with Gasteiger partial charge in [0.2, 0.25) is 0 Å². The molecule has 0 bridgehead atoms. The van der Waals surface area contributed by atoms with Gasteiger partial charge in [0.05, 0.1) is 23.5 Å². The molecular formula is C9H7N3OS. The summed E-state index contributed by atoms with van der Waals surface area (Å²) in [4.78, 5) is 1.03. The van der Waals surface area contributed by atoms with E-state index in [1.165, 1.54) is 0 Å². The molecule has 5 heteroatoms. The molecule has 0 amide bonds. The molecule has 0 aliphatic rings. The Morgan fingerprint density at radius 2 is 2.36 bits per heavy atom. The Kier molecular flexibility index (Phi) is 1.49. The van der Waals surface area contributed by atoms with Crippen molar-refractivity contribution in [3.63, 3.8) is 0 Å². The zero-order chi connectivity index (χ0) is 9.54. The average Bonchev–Trinajstić information content (AvgIpc) is 2.76. The summed E-state index contributed by atoms with van der Waals surface area (Å²) in [6, 6.07) is 5.91. The molecule has 0 radical (unpaired) electrons. The van der Waals surface area contributed by atoms with Gasteiger partial charge in [-0.1, -0.05) is 11.3 Å². The molecule has 3 rings (SSSR count). The third-order valence-corrected chi connectivity index (χ3v) is 3.23. The highest BCUT2D eigenvalue weighted by Crippen LogP contribution is 2.32. The van der Waals surface area contributed by atoms with Gasteiger partial charge < -0.3 is 4.74 Å². The fourth-order valence-electron chi connectivity index (χ4n) is 1.50. The lowest BCUT2D eigenvalue weighted by Crippen LogP contribution is -1.85. The first-order valence-corrected chi connectivity index (χ1v) is 4.98. The summed E-state index contributed by atoms with van der Waals surface area (Å²) in [6.07, 6.45) is 1.75. The normalized spacial score (nSPS) is 11.2. The molecule has 3 aromatic rings. The lowest BCUT2D eigenvalue weighted by Gasteiger charge is -1.98. The first-order chi connectivity index (χ1) is 6.90. The van der Waals surface area contributed by atoms with Gasteiger partial charge in [0, 0.05) is 0 Å². The summed E-state index contributed by atoms with van der Waals surface area (Å²) in [5.41, 5.74) is 1.04. The molecule has 1 aromatic carbocycles. The summed E-state index contributed by atoms with van der Waals surface area (Å²) < 4.78 is 8.21. The molecule has 14 heavy (non-hydrogen) atoms. The van der Waals surface area contributed by atoms with Gasteiger partial charge >= 0.3 is 0 Å². The van der Waals surface area contributed by atoms with E-state index in [9.17, 15) is 0 Å². The van der Waals surface area contributed by atoms with E-state index in [1.807, 2.05) is 22.7 Å². The molecule has 2 aromatic heterocycles. The van der Waals surface area contributed by atoms with Gasteiger partial charge in [-0.3, -0.25) is 0 Å². The summed E-state index contributed by atoms with van der Waals surface area (Å²) in [5.74, 6) is 0.887. The first kappa shape index (κ1) is 7.75. The zero-order valence-corrected chi connectivity index (χ0v) is 8.28. The van der Waals surface area contributed by atoms with Crippen molar-refractivity contribution in [1.29, 1.82) is 0 Å². The van der Waals surface area contributed by atoms with Crippen molar-refractivity contribution in [3.8, 4) is 5.75 Å². The van der Waals surface area contributed by atoms with E-state index in [0.717, 1.165) is 20.8 Å². The number of aromatic nitrogens is 3. The third-order valence-electron chi connectivity index (χ3n) is 2.13. The predicted molar refractivity (Wildman–Crippen MR) is 54.9 cm³/mol. The largest absolute Gasteiger partial charge is 0.495 e. The smallest absolute Gasteiger partial charge is 0.141 e. The van der Waals surface area contributed by atoms with Crippen LogP contribution in [-0.2, 0) is 0 Å². The van der Waals surface area contributed by atoms with Gasteiger partial charge in [-0.2, -0.15) is 0 Å². The molecule has 0 unspecified atom stereocenters. The Balaban J connectivity index is 2.54. The van der Waals surface area contributed by atoms with Crippen LogP contribution in [-0.4, -0.2) is 21.9 Å². The van der Waals surface area contributed by atoms with Crippen molar-refractivity contribution in [2.24, 2.45) is 0 Å². The zero-order valence-electron chi connectivity index (χ0n) is 7.47. The maximum absolute atomic E-state index is 5.28. The Bertz CT molecular complexity index is 598. The summed E-state index contributed by atoms with van der Waals surface area (Å²) in [6.45, 7) is 0. The van der Waals surface area contributed by atoms with E-state index in [0.29, 0.717) is 0 Å². The number of rotatable bonds is 1. The topological polar surface area (TPSA) is 39.4 Å². The van der Waals surface area contributed by atoms with Crippen LogP contribution >= 0.6 is 11.3 Å². The highest BCUT2D eigenvalue weighted by Gasteiger charge is 2.09. The quantitative estimate of drug-likeness (QED) is 0.609. The van der Waals surface area contributed by atoms with Gasteiger partial charge in [-0.05, 0) is 12.1 Å². The molecule has 4 nitrogen and oxygen atoms in total. The maximum atomic E-state index is 5.28. The lowest BCUT2D eigenvalue weighted by atomic mass is 10.3. The molecule has 0 atom stereocenters. The van der Waals surface area contributed by atoms with Gasteiger partial charge in [-0.25, -0.2) is 4.52 Å². The minimum absolute atomic E-state index is 0.887. The van der Waals surface area contributed by atoms with Gasteiger partial charge in [0.1, 0.15) is 10.6 Å². The highest BCUT2D eigenvalue weighted by atomic mass is 32.1. The molecular weight excluding hydrogens is 198 g/mol. The van der Waals surface area contributed by atoms with Gasteiger partial charge in [0.15, 0.2) is 0 Å². The monoisotopic (exact) mass is 205 g/mol. The van der Waals surface area contributed by atoms with Crippen molar-refractivity contribution < 1.29 is 4.74 Å². The number of benzene rings is 1. The molecule has 0 fully saturated rings. The third kappa shape index (κ3) is 0.871. The van der Waals surface area contributed by atoms with Crippen molar-refractivity contribution in [3.05, 3.63) is 24.4 Å². The first-order valence-electron chi connectivity index (χ1n) is 4.16. The maximum Gasteiger partial charge on any atom is 0.141 e. The molecule has 2 heterocycles. The Hall–Kier alpha value is -1.62. The van der Waals surface area contributed by atoms with Crippen LogP contribution < -0.4 is 4.74 Å². The van der Waals surface area contributed by atoms with Crippen LogP contribution in [0.5, 0.6) is 5.75 Å². The van der Waals surface area contributed by atoms with E-state index in [-0.39, 0.29) is 0 Å². The second kappa shape index (κ2) is 2.68. The number of thiazole rings is 1. The summed E-state index contributed by atoms with van der Waals surface area (Å²) in [7, 11) is 1.68. The predicted octanol–water partition coefficient (Wildman–Crippen LogP) is 1.95. The molecule has 0 aliphatic carbocycles. The van der Waals surface area contributed by atoms with Crippen molar-refractivity contribution in [1.82, 2.24) is 14.8 Å². The van der Waals surface area contributed by atoms with Gasteiger partial charge in [0.25, 0.3) is 0 Å². The molecule has 0 spiro atoms. The minimum atomic E-state index is 0.887. The number of hydrogen-bond acceptors (Lipinski definition) is 4. The number of nitrogens with zero attached hydrogens (tertiary/aromatic N) is 3. The van der Waals surface area contributed by atoms with E-state index in [1.54, 1.807) is 24.6 Å². The van der Waals surface area contributed by atoms with Crippen LogP contribution in [0.3, 0.4) is 0 Å². The van der Waals surface area contributed by atoms with Crippen LogP contribution in [0.2, 0.25) is 0 Å². The summed E-state index contributed by atoms with van der Waals surface area (Å²) >= 11 is 1.63. The molecule has 0 N–H and O–H groups in total. The van der Waals surface area contributed by atoms with Crippen molar-refractivity contribution in [2.75, 3.05) is 7.11 Å². The molecule has 0 aliphatic heterocycles. The molecule has 70 valence electrons. The SMILES string of the molecule is COc1cccc2c1sc1cnnn12.